The van der Waals surface area contributed by atoms with Crippen LogP contribution in [-0.4, -0.2) is 47.8 Å². The van der Waals surface area contributed by atoms with E-state index >= 15 is 0 Å². The van der Waals surface area contributed by atoms with Crippen molar-refractivity contribution < 1.29 is 0 Å². The monoisotopic (exact) mass is 552 g/mol. The van der Waals surface area contributed by atoms with E-state index in [-0.39, 0.29) is 12.6 Å². The summed E-state index contributed by atoms with van der Waals surface area (Å²) in [7, 11) is 1.64. The molecule has 3 aromatic heterocycles. The molecule has 4 aromatic rings. The largest absolute Gasteiger partial charge is 0.341 e. The van der Waals surface area contributed by atoms with Gasteiger partial charge in [-0.15, -0.1) is 0 Å². The zero-order chi connectivity index (χ0) is 25.6. The number of nitrogens with zero attached hydrogens (tertiary/aromatic N) is 7. The zero-order valence-electron chi connectivity index (χ0n) is 20.6. The average molecular weight is 553 g/mol. The molecule has 0 spiro atoms. The van der Waals surface area contributed by atoms with E-state index in [1.54, 1.807) is 7.05 Å². The summed E-state index contributed by atoms with van der Waals surface area (Å²) in [6.45, 7) is 5.66. The fourth-order valence-electron chi connectivity index (χ4n) is 4.83. The van der Waals surface area contributed by atoms with E-state index in [4.69, 9.17) is 10.7 Å². The van der Waals surface area contributed by atoms with E-state index in [9.17, 15) is 9.59 Å². The summed E-state index contributed by atoms with van der Waals surface area (Å²) < 4.78 is 5.44. The van der Waals surface area contributed by atoms with Gasteiger partial charge in [-0.1, -0.05) is 40.2 Å². The van der Waals surface area contributed by atoms with Crippen LogP contribution in [0.25, 0.3) is 22.1 Å². The number of piperidine rings is 1. The van der Waals surface area contributed by atoms with Gasteiger partial charge >= 0.3 is 5.69 Å². The number of allylic oxidation sites excluding steroid dienone is 2. The molecule has 2 N–H and O–H groups in total. The normalized spacial score (nSPS) is 16.9. The Hall–Kier alpha value is -3.31. The third-order valence-corrected chi connectivity index (χ3v) is 6.97. The van der Waals surface area contributed by atoms with E-state index < -0.39 is 11.2 Å². The summed E-state index contributed by atoms with van der Waals surface area (Å²) in [5.74, 6) is 1.06. The Morgan fingerprint density at radius 3 is 2.72 bits per heavy atom. The smallest absolute Gasteiger partial charge is 0.332 e. The van der Waals surface area contributed by atoms with Crippen LogP contribution in [-0.2, 0) is 20.1 Å². The van der Waals surface area contributed by atoms with Crippen molar-refractivity contribution in [1.82, 2.24) is 28.7 Å². The summed E-state index contributed by atoms with van der Waals surface area (Å²) in [5.41, 5.74) is 7.67. The number of aryl methyl sites for hydroxylation is 2. The van der Waals surface area contributed by atoms with Crippen LogP contribution in [0, 0.1) is 6.92 Å². The molecule has 0 radical (unpaired) electrons. The van der Waals surface area contributed by atoms with Crippen molar-refractivity contribution in [2.75, 3.05) is 18.0 Å². The van der Waals surface area contributed by atoms with Crippen LogP contribution in [0.15, 0.2) is 44.4 Å². The van der Waals surface area contributed by atoms with Gasteiger partial charge in [-0.3, -0.25) is 13.9 Å². The maximum atomic E-state index is 13.8. The third-order valence-electron chi connectivity index (χ3n) is 6.65. The Balaban J connectivity index is 1.69. The second-order valence-electron chi connectivity index (χ2n) is 9.31. The molecule has 0 amide bonds. The summed E-state index contributed by atoms with van der Waals surface area (Å²) in [6, 6.07) is 7.73. The van der Waals surface area contributed by atoms with Gasteiger partial charge in [0.2, 0.25) is 5.95 Å². The van der Waals surface area contributed by atoms with E-state index in [0.717, 1.165) is 40.5 Å². The highest BCUT2D eigenvalue weighted by molar-refractivity contribution is 9.11. The minimum Gasteiger partial charge on any atom is -0.341 e. The van der Waals surface area contributed by atoms with E-state index in [1.165, 1.54) is 9.13 Å². The molecule has 1 aliphatic heterocycles. The van der Waals surface area contributed by atoms with Gasteiger partial charge in [-0.25, -0.2) is 14.8 Å². The fourth-order valence-corrected chi connectivity index (χ4v) is 4.97. The molecule has 1 fully saturated rings. The highest BCUT2D eigenvalue weighted by Crippen LogP contribution is 2.24. The second-order valence-corrected chi connectivity index (χ2v) is 10.6. The number of halogens is 1. The van der Waals surface area contributed by atoms with Crippen molar-refractivity contribution in [3.63, 3.8) is 0 Å². The van der Waals surface area contributed by atoms with Crippen LogP contribution >= 0.6 is 15.9 Å². The summed E-state index contributed by atoms with van der Waals surface area (Å²) in [4.78, 5) is 43.3. The van der Waals surface area contributed by atoms with Crippen LogP contribution in [0.1, 0.15) is 31.3 Å². The van der Waals surface area contributed by atoms with Gasteiger partial charge < -0.3 is 15.2 Å². The number of imidazole rings is 1. The molecule has 1 aromatic carbocycles. The minimum atomic E-state index is -0.458. The van der Waals surface area contributed by atoms with Gasteiger partial charge in [0, 0.05) is 43.8 Å². The highest BCUT2D eigenvalue weighted by Gasteiger charge is 2.26. The molecule has 0 unspecified atom stereocenters. The Morgan fingerprint density at radius 2 is 1.97 bits per heavy atom. The quantitative estimate of drug-likeness (QED) is 0.404. The number of anilines is 1. The van der Waals surface area contributed by atoms with Crippen molar-refractivity contribution in [2.45, 2.75) is 45.8 Å². The molecule has 1 aliphatic rings. The first-order valence-electron chi connectivity index (χ1n) is 12.0. The lowest BCUT2D eigenvalue weighted by Crippen LogP contribution is -2.44. The van der Waals surface area contributed by atoms with Crippen LogP contribution in [0.3, 0.4) is 0 Å². The molecule has 4 heterocycles. The lowest BCUT2D eigenvalue weighted by atomic mass is 10.1. The van der Waals surface area contributed by atoms with Crippen molar-refractivity contribution >= 4 is 43.9 Å². The molecule has 11 heteroatoms. The lowest BCUT2D eigenvalue weighted by Gasteiger charge is -2.31. The predicted octanol–water partition coefficient (Wildman–Crippen LogP) is 2.42. The highest BCUT2D eigenvalue weighted by atomic mass is 79.9. The van der Waals surface area contributed by atoms with Crippen LogP contribution in [0.5, 0.6) is 0 Å². The molecule has 36 heavy (non-hydrogen) atoms. The van der Waals surface area contributed by atoms with Crippen LogP contribution < -0.4 is 21.9 Å². The maximum Gasteiger partial charge on any atom is 0.332 e. The predicted molar refractivity (Wildman–Crippen MR) is 145 cm³/mol. The standard InChI is InChI=1S/C25H29BrN8O2/c1-15(26)10-12-33-21-22(30-24(33)32-11-6-7-17(27)13-32)31(3)25(36)34(23(21)35)14-20-28-16(2)18-8-4-5-9-19(18)29-20/h4-5,8-10,17H,6-7,11-14,27H2,1-3H3/t17-/m1/s1. The second kappa shape index (κ2) is 9.62. The number of nitrogens with two attached hydrogens (primary N) is 1. The van der Waals surface area contributed by atoms with Gasteiger partial charge in [0.1, 0.15) is 5.82 Å². The Bertz CT molecular complexity index is 1610. The first-order chi connectivity index (χ1) is 17.2. The van der Waals surface area contributed by atoms with Gasteiger partial charge in [0.15, 0.2) is 11.2 Å². The van der Waals surface area contributed by atoms with Crippen LogP contribution in [0.4, 0.5) is 5.95 Å². The van der Waals surface area contributed by atoms with Gasteiger partial charge in [-0.05, 0) is 37.2 Å². The van der Waals surface area contributed by atoms with Gasteiger partial charge in [0.05, 0.1) is 12.1 Å². The molecule has 188 valence electrons. The lowest BCUT2D eigenvalue weighted by molar-refractivity contribution is 0.495. The molecule has 5 rings (SSSR count). The number of rotatable bonds is 5. The molecule has 0 aliphatic carbocycles. The molecule has 1 atom stereocenters. The number of para-hydroxylation sites is 1. The number of aromatic nitrogens is 6. The van der Waals surface area contributed by atoms with Gasteiger partial charge in [-0.2, -0.15) is 4.98 Å². The minimum absolute atomic E-state index is 0.0322. The Labute approximate surface area is 216 Å². The summed E-state index contributed by atoms with van der Waals surface area (Å²) in [5, 5.41) is 0.941. The topological polar surface area (TPSA) is 117 Å². The Morgan fingerprint density at radius 1 is 1.19 bits per heavy atom. The van der Waals surface area contributed by atoms with Crippen molar-refractivity contribution in [3.8, 4) is 0 Å². The molecule has 0 saturated carbocycles. The summed E-state index contributed by atoms with van der Waals surface area (Å²) in [6.07, 6.45) is 3.87. The van der Waals surface area contributed by atoms with E-state index in [0.29, 0.717) is 36.0 Å². The number of benzene rings is 1. The molecule has 1 saturated heterocycles. The van der Waals surface area contributed by atoms with Crippen molar-refractivity contribution in [1.29, 1.82) is 0 Å². The van der Waals surface area contributed by atoms with E-state index in [1.807, 2.05) is 48.8 Å². The van der Waals surface area contributed by atoms with Crippen molar-refractivity contribution in [2.24, 2.45) is 12.8 Å². The SMILES string of the molecule is CC(Br)=CCn1c(N2CCC[C@@H](N)C2)nc2c1c(=O)n(Cc1nc(C)c3ccccc3n1)c(=O)n2C. The number of hydrogen-bond acceptors (Lipinski definition) is 7. The molecular formula is C25H29BrN8O2. The number of fused-ring (bicyclic) bond motifs is 2. The van der Waals surface area contributed by atoms with Gasteiger partial charge in [0.25, 0.3) is 5.56 Å². The first kappa shape index (κ1) is 24.4. The zero-order valence-corrected chi connectivity index (χ0v) is 22.2. The molecule has 0 bridgehead atoms. The third kappa shape index (κ3) is 4.37. The first-order valence-corrected chi connectivity index (χ1v) is 12.8. The Kier molecular flexibility index (Phi) is 6.52. The van der Waals surface area contributed by atoms with Crippen LogP contribution in [0.2, 0.25) is 0 Å². The fraction of sp³-hybridized carbons (Fsp3) is 0.400. The van der Waals surface area contributed by atoms with E-state index in [2.05, 4.69) is 30.8 Å². The number of hydrogen-bond donors (Lipinski definition) is 1. The summed E-state index contributed by atoms with van der Waals surface area (Å²) >= 11 is 3.48. The molecular weight excluding hydrogens is 524 g/mol. The van der Waals surface area contributed by atoms with Crippen molar-refractivity contribution in [3.05, 3.63) is 67.2 Å². The average Bonchev–Trinajstić information content (AvgIpc) is 3.24. The molecule has 10 nitrogen and oxygen atoms in total. The maximum absolute atomic E-state index is 13.8.